The minimum absolute atomic E-state index is 0.0340. The number of sulfonamides is 1. The monoisotopic (exact) mass is 643 g/mol. The van der Waals surface area contributed by atoms with Crippen LogP contribution < -0.4 is 9.62 Å². The first-order chi connectivity index (χ1) is 18.7. The highest BCUT2D eigenvalue weighted by molar-refractivity contribution is 7.92. The molecule has 1 N–H and O–H groups in total. The Morgan fingerprint density at radius 1 is 0.875 bits per heavy atom. The van der Waals surface area contributed by atoms with Gasteiger partial charge in [-0.25, -0.2) is 8.42 Å². The van der Waals surface area contributed by atoms with Gasteiger partial charge in [0.2, 0.25) is 11.8 Å². The predicted molar refractivity (Wildman–Crippen MR) is 162 cm³/mol. The number of hydrogen-bond acceptors (Lipinski definition) is 4. The van der Waals surface area contributed by atoms with Crippen molar-refractivity contribution in [2.75, 3.05) is 10.8 Å². The van der Waals surface area contributed by atoms with E-state index in [2.05, 4.69) is 5.32 Å². The number of anilines is 1. The summed E-state index contributed by atoms with van der Waals surface area (Å²) < 4.78 is 28.7. The molecular formula is C28H29Cl4N3O4S. The minimum atomic E-state index is -4.27. The molecule has 7 nitrogen and oxygen atoms in total. The van der Waals surface area contributed by atoms with Gasteiger partial charge in [0.05, 0.1) is 10.6 Å². The van der Waals surface area contributed by atoms with Crippen LogP contribution in [0.15, 0.2) is 65.6 Å². The van der Waals surface area contributed by atoms with Crippen molar-refractivity contribution in [3.63, 3.8) is 0 Å². The van der Waals surface area contributed by atoms with Crippen LogP contribution in [0.3, 0.4) is 0 Å². The molecule has 214 valence electrons. The average molecular weight is 645 g/mol. The van der Waals surface area contributed by atoms with Gasteiger partial charge in [0.15, 0.2) is 0 Å². The Hall–Kier alpha value is -2.49. The second kappa shape index (κ2) is 13.4. The summed E-state index contributed by atoms with van der Waals surface area (Å²) >= 11 is 25.2. The van der Waals surface area contributed by atoms with Gasteiger partial charge in [-0.05, 0) is 70.2 Å². The van der Waals surface area contributed by atoms with Crippen molar-refractivity contribution < 1.29 is 18.0 Å². The number of aryl methyl sites for hydroxylation is 1. The first kappa shape index (κ1) is 32.0. The summed E-state index contributed by atoms with van der Waals surface area (Å²) in [6.07, 6.45) is 0. The Balaban J connectivity index is 2.10. The van der Waals surface area contributed by atoms with E-state index in [1.807, 2.05) is 6.92 Å². The van der Waals surface area contributed by atoms with E-state index in [1.54, 1.807) is 51.1 Å². The van der Waals surface area contributed by atoms with E-state index in [9.17, 15) is 18.0 Å². The molecule has 1 atom stereocenters. The molecule has 2 amide bonds. The van der Waals surface area contributed by atoms with E-state index in [4.69, 9.17) is 46.4 Å². The molecule has 0 bridgehead atoms. The largest absolute Gasteiger partial charge is 0.352 e. The number of nitrogens with zero attached hydrogens (tertiary/aromatic N) is 2. The molecule has 0 radical (unpaired) electrons. The first-order valence-electron chi connectivity index (χ1n) is 12.3. The zero-order valence-electron chi connectivity index (χ0n) is 22.3. The SMILES string of the molecule is Cc1ccc(S(=O)(=O)N(CC(=O)N(Cc2c(Cl)cccc2Cl)C(C)C(=O)NC(C)C)c2cc(Cl)cc(Cl)c2)cc1. The maximum Gasteiger partial charge on any atom is 0.264 e. The van der Waals surface area contributed by atoms with Crippen LogP contribution in [0.2, 0.25) is 20.1 Å². The van der Waals surface area contributed by atoms with Crippen molar-refractivity contribution in [3.8, 4) is 0 Å². The van der Waals surface area contributed by atoms with Crippen LogP contribution in [0, 0.1) is 6.92 Å². The molecule has 0 aromatic heterocycles. The summed E-state index contributed by atoms with van der Waals surface area (Å²) in [7, 11) is -4.27. The van der Waals surface area contributed by atoms with Crippen LogP contribution in [-0.2, 0) is 26.2 Å². The van der Waals surface area contributed by atoms with Crippen molar-refractivity contribution in [3.05, 3.63) is 91.9 Å². The molecule has 40 heavy (non-hydrogen) atoms. The van der Waals surface area contributed by atoms with Crippen LogP contribution >= 0.6 is 46.4 Å². The Bertz CT molecular complexity index is 1460. The number of nitrogens with one attached hydrogen (secondary N) is 1. The molecule has 1 unspecified atom stereocenters. The highest BCUT2D eigenvalue weighted by atomic mass is 35.5. The fourth-order valence-electron chi connectivity index (χ4n) is 3.89. The van der Waals surface area contributed by atoms with Gasteiger partial charge in [-0.2, -0.15) is 0 Å². The molecule has 0 saturated heterocycles. The molecule has 12 heteroatoms. The molecular weight excluding hydrogens is 616 g/mol. The molecule has 0 aliphatic carbocycles. The second-order valence-corrected chi connectivity index (χ2v) is 13.1. The Morgan fingerprint density at radius 2 is 1.43 bits per heavy atom. The van der Waals surface area contributed by atoms with Crippen LogP contribution in [0.4, 0.5) is 5.69 Å². The molecule has 0 saturated carbocycles. The maximum atomic E-state index is 14.0. The van der Waals surface area contributed by atoms with E-state index < -0.39 is 34.4 Å². The second-order valence-electron chi connectivity index (χ2n) is 9.51. The zero-order valence-corrected chi connectivity index (χ0v) is 26.1. The van der Waals surface area contributed by atoms with Crippen molar-refractivity contribution in [2.45, 2.75) is 51.2 Å². The van der Waals surface area contributed by atoms with Gasteiger partial charge in [0, 0.05) is 38.2 Å². The van der Waals surface area contributed by atoms with Gasteiger partial charge in [-0.3, -0.25) is 13.9 Å². The fourth-order valence-corrected chi connectivity index (χ4v) is 6.32. The molecule has 0 spiro atoms. The standard InChI is InChI=1S/C28H29Cl4N3O4S/c1-17(2)33-28(37)19(4)34(15-24-25(31)6-5-7-26(24)32)27(36)16-35(22-13-20(29)12-21(30)14-22)40(38,39)23-10-8-18(3)9-11-23/h5-14,17,19H,15-16H2,1-4H3,(H,33,37). The van der Waals surface area contributed by atoms with Gasteiger partial charge in [0.25, 0.3) is 10.0 Å². The van der Waals surface area contributed by atoms with Gasteiger partial charge >= 0.3 is 0 Å². The molecule has 3 aromatic carbocycles. The molecule has 0 heterocycles. The number of amides is 2. The third-order valence-corrected chi connectivity index (χ3v) is 8.94. The lowest BCUT2D eigenvalue weighted by Crippen LogP contribution is -2.52. The van der Waals surface area contributed by atoms with E-state index in [0.29, 0.717) is 15.6 Å². The molecule has 0 fully saturated rings. The normalized spacial score (nSPS) is 12.2. The van der Waals surface area contributed by atoms with Crippen molar-refractivity contribution >= 4 is 73.9 Å². The molecule has 0 aliphatic rings. The van der Waals surface area contributed by atoms with E-state index in [0.717, 1.165) is 9.87 Å². The lowest BCUT2D eigenvalue weighted by atomic mass is 10.1. The average Bonchev–Trinajstić information content (AvgIpc) is 2.85. The Morgan fingerprint density at radius 3 is 1.95 bits per heavy atom. The van der Waals surface area contributed by atoms with Gasteiger partial charge < -0.3 is 10.2 Å². The number of halogens is 4. The minimum Gasteiger partial charge on any atom is -0.352 e. The number of carbonyl (C=O) groups excluding carboxylic acids is 2. The summed E-state index contributed by atoms with van der Waals surface area (Å²) in [4.78, 5) is 28.2. The summed E-state index contributed by atoms with van der Waals surface area (Å²) in [5.74, 6) is -1.10. The number of benzene rings is 3. The van der Waals surface area contributed by atoms with Crippen LogP contribution in [0.25, 0.3) is 0 Å². The van der Waals surface area contributed by atoms with Gasteiger partial charge in [0.1, 0.15) is 12.6 Å². The van der Waals surface area contributed by atoms with Crippen LogP contribution in [-0.4, -0.2) is 43.8 Å². The van der Waals surface area contributed by atoms with Crippen molar-refractivity contribution in [1.82, 2.24) is 10.2 Å². The summed E-state index contributed by atoms with van der Waals surface area (Å²) in [5.41, 5.74) is 1.36. The number of carbonyl (C=O) groups is 2. The van der Waals surface area contributed by atoms with E-state index >= 15 is 0 Å². The summed E-state index contributed by atoms with van der Waals surface area (Å²) in [6, 6.07) is 14.2. The van der Waals surface area contributed by atoms with E-state index in [1.165, 1.54) is 35.2 Å². The summed E-state index contributed by atoms with van der Waals surface area (Å²) in [6.45, 7) is 6.17. The topological polar surface area (TPSA) is 86.8 Å². The smallest absolute Gasteiger partial charge is 0.264 e. The molecule has 3 aromatic rings. The highest BCUT2D eigenvalue weighted by Gasteiger charge is 2.33. The predicted octanol–water partition coefficient (Wildman–Crippen LogP) is 6.75. The third kappa shape index (κ3) is 7.83. The lowest BCUT2D eigenvalue weighted by molar-refractivity contribution is -0.139. The van der Waals surface area contributed by atoms with Gasteiger partial charge in [-0.1, -0.05) is 70.2 Å². The Kier molecular flexibility index (Phi) is 10.8. The summed E-state index contributed by atoms with van der Waals surface area (Å²) in [5, 5.41) is 3.75. The van der Waals surface area contributed by atoms with Crippen molar-refractivity contribution in [2.24, 2.45) is 0 Å². The fraction of sp³-hybridized carbons (Fsp3) is 0.286. The molecule has 0 aliphatic heterocycles. The molecule has 3 rings (SSSR count). The van der Waals surface area contributed by atoms with Gasteiger partial charge in [-0.15, -0.1) is 0 Å². The quantitative estimate of drug-likeness (QED) is 0.265. The number of hydrogen-bond donors (Lipinski definition) is 1. The Labute approximate surface area is 255 Å². The van der Waals surface area contributed by atoms with Crippen LogP contribution in [0.5, 0.6) is 0 Å². The zero-order chi connectivity index (χ0) is 29.8. The van der Waals surface area contributed by atoms with Crippen LogP contribution in [0.1, 0.15) is 31.9 Å². The lowest BCUT2D eigenvalue weighted by Gasteiger charge is -2.32. The first-order valence-corrected chi connectivity index (χ1v) is 15.2. The number of rotatable bonds is 10. The highest BCUT2D eigenvalue weighted by Crippen LogP contribution is 2.31. The van der Waals surface area contributed by atoms with E-state index in [-0.39, 0.29) is 33.2 Å². The maximum absolute atomic E-state index is 14.0. The van der Waals surface area contributed by atoms with Crippen molar-refractivity contribution in [1.29, 1.82) is 0 Å². The third-order valence-electron chi connectivity index (χ3n) is 6.01.